The van der Waals surface area contributed by atoms with E-state index in [1.165, 1.54) is 12.3 Å². The molecule has 0 aliphatic heterocycles. The molecule has 0 radical (unpaired) electrons. The molecule has 0 saturated heterocycles. The lowest BCUT2D eigenvalue weighted by Crippen LogP contribution is -2.37. The molecule has 0 aromatic carbocycles. The van der Waals surface area contributed by atoms with Crippen molar-refractivity contribution in [3.05, 3.63) is 23.9 Å². The van der Waals surface area contributed by atoms with Gasteiger partial charge < -0.3 is 10.4 Å². The van der Waals surface area contributed by atoms with Gasteiger partial charge in [0.15, 0.2) is 0 Å². The van der Waals surface area contributed by atoms with E-state index in [1.807, 2.05) is 0 Å². The highest BCUT2D eigenvalue weighted by atomic mass is 19.4. The third-order valence-corrected chi connectivity index (χ3v) is 3.80. The minimum absolute atomic E-state index is 0.0655. The number of hydrogen-bond acceptors (Lipinski definition) is 3. The van der Waals surface area contributed by atoms with Crippen LogP contribution in [0.1, 0.15) is 31.2 Å². The third kappa shape index (κ3) is 3.18. The molecule has 1 aliphatic carbocycles. The van der Waals surface area contributed by atoms with E-state index in [0.717, 1.165) is 25.3 Å². The summed E-state index contributed by atoms with van der Waals surface area (Å²) in [6, 6.07) is 2.30. The van der Waals surface area contributed by atoms with Crippen molar-refractivity contribution in [2.24, 2.45) is 5.41 Å². The Kier molecular flexibility index (Phi) is 3.99. The second-order valence-corrected chi connectivity index (χ2v) is 5.08. The number of pyridine rings is 1. The molecule has 0 spiro atoms. The van der Waals surface area contributed by atoms with Gasteiger partial charge in [-0.2, -0.15) is 13.2 Å². The molecule has 3 nitrogen and oxygen atoms in total. The number of nitrogens with zero attached hydrogens (tertiary/aromatic N) is 1. The largest absolute Gasteiger partial charge is 0.419 e. The van der Waals surface area contributed by atoms with Crippen molar-refractivity contribution in [3.63, 3.8) is 0 Å². The van der Waals surface area contributed by atoms with Crippen molar-refractivity contribution in [3.8, 4) is 0 Å². The van der Waals surface area contributed by atoms with Crippen LogP contribution in [0.3, 0.4) is 0 Å². The summed E-state index contributed by atoms with van der Waals surface area (Å²) in [4.78, 5) is 3.77. The van der Waals surface area contributed by atoms with Gasteiger partial charge in [-0.1, -0.05) is 6.42 Å². The Hall–Kier alpha value is -1.30. The maximum atomic E-state index is 12.8. The minimum atomic E-state index is -4.40. The predicted molar refractivity (Wildman–Crippen MR) is 65.7 cm³/mol. The Morgan fingerprint density at radius 2 is 2.11 bits per heavy atom. The third-order valence-electron chi connectivity index (χ3n) is 3.80. The lowest BCUT2D eigenvalue weighted by molar-refractivity contribution is -0.137. The summed E-state index contributed by atoms with van der Waals surface area (Å²) in [5.41, 5.74) is -0.816. The fraction of sp³-hybridized carbons (Fsp3) is 0.615. The number of aromatic nitrogens is 1. The molecule has 19 heavy (non-hydrogen) atoms. The standard InChI is InChI=1S/C13H17F3N2O/c14-13(15,16)10-3-1-7-17-11(10)18-9-12(6-8-19)4-2-5-12/h1,3,7,19H,2,4-6,8-9H2,(H,17,18). The zero-order valence-electron chi connectivity index (χ0n) is 10.5. The Labute approximate surface area is 109 Å². The van der Waals surface area contributed by atoms with Crippen LogP contribution in [0.4, 0.5) is 19.0 Å². The predicted octanol–water partition coefficient (Wildman–Crippen LogP) is 3.07. The second kappa shape index (κ2) is 5.36. The topological polar surface area (TPSA) is 45.1 Å². The van der Waals surface area contributed by atoms with E-state index in [0.29, 0.717) is 13.0 Å². The first-order valence-corrected chi connectivity index (χ1v) is 6.34. The fourth-order valence-electron chi connectivity index (χ4n) is 2.48. The highest BCUT2D eigenvalue weighted by Gasteiger charge is 2.38. The summed E-state index contributed by atoms with van der Waals surface area (Å²) in [6.07, 6.45) is 0.505. The molecular weight excluding hydrogens is 257 g/mol. The molecule has 1 aromatic rings. The Bertz CT molecular complexity index is 430. The number of aliphatic hydroxyl groups is 1. The fourth-order valence-corrected chi connectivity index (χ4v) is 2.48. The van der Waals surface area contributed by atoms with Gasteiger partial charge in [0.2, 0.25) is 0 Å². The second-order valence-electron chi connectivity index (χ2n) is 5.08. The molecule has 106 valence electrons. The van der Waals surface area contributed by atoms with E-state index in [-0.39, 0.29) is 17.8 Å². The van der Waals surface area contributed by atoms with E-state index >= 15 is 0 Å². The maximum absolute atomic E-state index is 12.8. The first-order valence-electron chi connectivity index (χ1n) is 6.34. The van der Waals surface area contributed by atoms with Gasteiger partial charge in [-0.05, 0) is 36.8 Å². The monoisotopic (exact) mass is 274 g/mol. The van der Waals surface area contributed by atoms with Crippen molar-refractivity contribution >= 4 is 5.82 Å². The zero-order valence-corrected chi connectivity index (χ0v) is 10.5. The average Bonchev–Trinajstić information content (AvgIpc) is 2.31. The van der Waals surface area contributed by atoms with Gasteiger partial charge in [0, 0.05) is 19.3 Å². The average molecular weight is 274 g/mol. The van der Waals surface area contributed by atoms with Crippen LogP contribution in [0.5, 0.6) is 0 Å². The summed E-state index contributed by atoms with van der Waals surface area (Å²) in [7, 11) is 0. The van der Waals surface area contributed by atoms with Crippen LogP contribution >= 0.6 is 0 Å². The first-order chi connectivity index (χ1) is 8.97. The molecule has 1 heterocycles. The van der Waals surface area contributed by atoms with Gasteiger partial charge in [0.05, 0.1) is 5.56 Å². The van der Waals surface area contributed by atoms with Gasteiger partial charge in [-0.3, -0.25) is 0 Å². The molecule has 1 aliphatic rings. The molecule has 0 unspecified atom stereocenters. The number of aliphatic hydroxyl groups excluding tert-OH is 1. The molecule has 2 rings (SSSR count). The van der Waals surface area contributed by atoms with Crippen LogP contribution in [0.15, 0.2) is 18.3 Å². The molecule has 1 aromatic heterocycles. The summed E-state index contributed by atoms with van der Waals surface area (Å²) >= 11 is 0. The molecular formula is C13H17F3N2O. The molecule has 0 amide bonds. The van der Waals surface area contributed by atoms with Crippen LogP contribution in [0.25, 0.3) is 0 Å². The summed E-state index contributed by atoms with van der Waals surface area (Å²) in [6.45, 7) is 0.490. The minimum Gasteiger partial charge on any atom is -0.396 e. The Morgan fingerprint density at radius 1 is 1.37 bits per heavy atom. The lowest BCUT2D eigenvalue weighted by Gasteiger charge is -2.42. The SMILES string of the molecule is OCCC1(CNc2ncccc2C(F)(F)F)CCC1. The highest BCUT2D eigenvalue weighted by molar-refractivity contribution is 5.45. The number of alkyl halides is 3. The summed E-state index contributed by atoms with van der Waals surface area (Å²) < 4.78 is 38.4. The normalized spacial score (nSPS) is 17.9. The number of hydrogen-bond donors (Lipinski definition) is 2. The quantitative estimate of drug-likeness (QED) is 0.867. The molecule has 1 fully saturated rings. The molecule has 1 saturated carbocycles. The van der Waals surface area contributed by atoms with E-state index in [4.69, 9.17) is 5.11 Å². The van der Waals surface area contributed by atoms with Crippen molar-refractivity contribution < 1.29 is 18.3 Å². The van der Waals surface area contributed by atoms with E-state index < -0.39 is 11.7 Å². The maximum Gasteiger partial charge on any atom is 0.419 e. The van der Waals surface area contributed by atoms with E-state index in [9.17, 15) is 13.2 Å². The molecule has 6 heteroatoms. The van der Waals surface area contributed by atoms with Gasteiger partial charge in [-0.25, -0.2) is 4.98 Å². The number of anilines is 1. The van der Waals surface area contributed by atoms with Crippen LogP contribution in [0.2, 0.25) is 0 Å². The van der Waals surface area contributed by atoms with Crippen molar-refractivity contribution in [2.45, 2.75) is 31.9 Å². The number of rotatable bonds is 5. The van der Waals surface area contributed by atoms with Crippen LogP contribution in [-0.4, -0.2) is 23.2 Å². The van der Waals surface area contributed by atoms with Crippen molar-refractivity contribution in [2.75, 3.05) is 18.5 Å². The van der Waals surface area contributed by atoms with E-state index in [2.05, 4.69) is 10.3 Å². The summed E-state index contributed by atoms with van der Waals surface area (Å²) in [5, 5.41) is 11.8. The lowest BCUT2D eigenvalue weighted by atomic mass is 9.67. The first kappa shape index (κ1) is 14.1. The molecule has 0 atom stereocenters. The van der Waals surface area contributed by atoms with Gasteiger partial charge in [-0.15, -0.1) is 0 Å². The molecule has 0 bridgehead atoms. The van der Waals surface area contributed by atoms with Crippen LogP contribution in [-0.2, 0) is 6.18 Å². The number of halogens is 3. The van der Waals surface area contributed by atoms with Gasteiger partial charge in [0.25, 0.3) is 0 Å². The number of nitrogens with one attached hydrogen (secondary N) is 1. The Morgan fingerprint density at radius 3 is 2.63 bits per heavy atom. The van der Waals surface area contributed by atoms with Crippen molar-refractivity contribution in [1.29, 1.82) is 0 Å². The van der Waals surface area contributed by atoms with Gasteiger partial charge >= 0.3 is 6.18 Å². The van der Waals surface area contributed by atoms with Crippen LogP contribution < -0.4 is 5.32 Å². The smallest absolute Gasteiger partial charge is 0.396 e. The molecule has 2 N–H and O–H groups in total. The Balaban J connectivity index is 2.07. The van der Waals surface area contributed by atoms with Gasteiger partial charge in [0.1, 0.15) is 5.82 Å². The zero-order chi connectivity index (χ0) is 13.9. The van der Waals surface area contributed by atoms with E-state index in [1.54, 1.807) is 0 Å². The van der Waals surface area contributed by atoms with Crippen molar-refractivity contribution in [1.82, 2.24) is 4.98 Å². The van der Waals surface area contributed by atoms with Crippen LogP contribution in [0, 0.1) is 5.41 Å². The summed E-state index contributed by atoms with van der Waals surface area (Å²) in [5.74, 6) is -0.126. The highest BCUT2D eigenvalue weighted by Crippen LogP contribution is 2.44.